The summed E-state index contributed by atoms with van der Waals surface area (Å²) in [6.45, 7) is 0. The van der Waals surface area contributed by atoms with E-state index >= 15 is 0 Å². The maximum Gasteiger partial charge on any atom is 0.337 e. The number of hydrogen-bond acceptors (Lipinski definition) is 3. The summed E-state index contributed by atoms with van der Waals surface area (Å²) < 4.78 is 0. The Balaban J connectivity index is 3.05. The molecule has 0 bridgehead atoms. The molecule has 82 valence electrons. The van der Waals surface area contributed by atoms with Gasteiger partial charge in [0.25, 0.3) is 0 Å². The molecule has 0 aliphatic carbocycles. The summed E-state index contributed by atoms with van der Waals surface area (Å²) in [7, 11) is 0. The van der Waals surface area contributed by atoms with Crippen molar-refractivity contribution < 1.29 is 14.7 Å². The van der Waals surface area contributed by atoms with Crippen molar-refractivity contribution >= 4 is 17.6 Å². The number of rotatable bonds is 2. The molecule has 1 amide bonds. The first-order valence-corrected chi connectivity index (χ1v) is 4.41. The van der Waals surface area contributed by atoms with E-state index in [1.165, 1.54) is 12.1 Å². The van der Waals surface area contributed by atoms with Crippen molar-refractivity contribution in [1.29, 1.82) is 0 Å². The Morgan fingerprint density at radius 1 is 1.38 bits per heavy atom. The number of aromatic carboxylic acids is 1. The minimum absolute atomic E-state index is 0.00845. The summed E-state index contributed by atoms with van der Waals surface area (Å²) in [5.41, 5.74) is 11.0. The number of carboxylic acid groups (broad SMARTS) is 1. The Morgan fingerprint density at radius 3 is 2.62 bits per heavy atom. The van der Waals surface area contributed by atoms with Gasteiger partial charge in [0.05, 0.1) is 17.7 Å². The van der Waals surface area contributed by atoms with Crippen LogP contribution in [0.1, 0.15) is 22.3 Å². The lowest BCUT2D eigenvalue weighted by atomic mass is 10.1. The first-order chi connectivity index (χ1) is 7.52. The second-order valence-electron chi connectivity index (χ2n) is 3.02. The highest BCUT2D eigenvalue weighted by molar-refractivity contribution is 5.95. The van der Waals surface area contributed by atoms with Crippen LogP contribution in [0.4, 0.5) is 5.69 Å². The Bertz CT molecular complexity index is 498. The summed E-state index contributed by atoms with van der Waals surface area (Å²) in [4.78, 5) is 21.2. The first-order valence-electron chi connectivity index (χ1n) is 4.41. The van der Waals surface area contributed by atoms with Crippen LogP contribution in [0, 0.1) is 11.8 Å². The third-order valence-corrected chi connectivity index (χ3v) is 1.82. The van der Waals surface area contributed by atoms with E-state index in [1.807, 2.05) is 0 Å². The van der Waals surface area contributed by atoms with Gasteiger partial charge in [-0.3, -0.25) is 4.79 Å². The molecule has 16 heavy (non-hydrogen) atoms. The fourth-order valence-electron chi connectivity index (χ4n) is 1.09. The number of para-hydroxylation sites is 1. The topological polar surface area (TPSA) is 106 Å². The molecule has 0 radical (unpaired) electrons. The van der Waals surface area contributed by atoms with Crippen molar-refractivity contribution in [2.45, 2.75) is 6.42 Å². The van der Waals surface area contributed by atoms with Crippen LogP contribution in [0.3, 0.4) is 0 Å². The normalized spacial score (nSPS) is 9.00. The zero-order chi connectivity index (χ0) is 12.1. The summed E-state index contributed by atoms with van der Waals surface area (Å²) in [6.07, 6.45) is -0.0866. The number of primary amides is 1. The molecule has 0 unspecified atom stereocenters. The number of carbonyl (C=O) groups excluding carboxylic acids is 1. The number of benzene rings is 1. The maximum atomic E-state index is 10.8. The summed E-state index contributed by atoms with van der Waals surface area (Å²) in [5.74, 6) is 3.45. The predicted octanol–water partition coefficient (Wildman–Crippen LogP) is 0.194. The van der Waals surface area contributed by atoms with E-state index < -0.39 is 11.9 Å². The van der Waals surface area contributed by atoms with Crippen LogP contribution >= 0.6 is 0 Å². The molecule has 0 heterocycles. The molecule has 0 aromatic heterocycles. The lowest BCUT2D eigenvalue weighted by molar-refractivity contribution is -0.117. The van der Waals surface area contributed by atoms with Crippen LogP contribution in [-0.4, -0.2) is 17.0 Å². The molecule has 1 rings (SSSR count). The highest BCUT2D eigenvalue weighted by atomic mass is 16.4. The Labute approximate surface area is 92.1 Å². The molecule has 0 saturated carbocycles. The van der Waals surface area contributed by atoms with E-state index in [4.69, 9.17) is 16.6 Å². The van der Waals surface area contributed by atoms with Gasteiger partial charge in [0.1, 0.15) is 0 Å². The lowest BCUT2D eigenvalue weighted by Crippen LogP contribution is -2.08. The molecular formula is C11H10N2O3. The fraction of sp³-hybridized carbons (Fsp3) is 0.0909. The van der Waals surface area contributed by atoms with Gasteiger partial charge >= 0.3 is 5.97 Å². The minimum Gasteiger partial charge on any atom is -0.478 e. The zero-order valence-electron chi connectivity index (χ0n) is 8.36. The number of nitrogen functional groups attached to an aromatic ring is 1. The lowest BCUT2D eigenvalue weighted by Gasteiger charge is -2.01. The third-order valence-electron chi connectivity index (χ3n) is 1.82. The molecule has 1 aromatic rings. The standard InChI is InChI=1S/C11H10N2O3/c12-9(14)6-2-4-7-3-1-5-8(10(7)13)11(15)16/h1,3,5H,6,13H2,(H2,12,14)(H,15,16). The molecule has 0 atom stereocenters. The van der Waals surface area contributed by atoms with E-state index in [-0.39, 0.29) is 17.7 Å². The van der Waals surface area contributed by atoms with Gasteiger partial charge in [0, 0.05) is 5.56 Å². The van der Waals surface area contributed by atoms with Crippen molar-refractivity contribution in [1.82, 2.24) is 0 Å². The quantitative estimate of drug-likeness (QED) is 0.486. The minimum atomic E-state index is -1.11. The van der Waals surface area contributed by atoms with Crippen molar-refractivity contribution in [3.63, 3.8) is 0 Å². The largest absolute Gasteiger partial charge is 0.478 e. The predicted molar refractivity (Wildman–Crippen MR) is 58.5 cm³/mol. The highest BCUT2D eigenvalue weighted by Crippen LogP contribution is 2.16. The van der Waals surface area contributed by atoms with Crippen molar-refractivity contribution in [3.8, 4) is 11.8 Å². The SMILES string of the molecule is NC(=O)CC#Cc1cccc(C(=O)O)c1N. The number of amides is 1. The first kappa shape index (κ1) is 11.6. The third kappa shape index (κ3) is 2.75. The van der Waals surface area contributed by atoms with Gasteiger partial charge in [0.15, 0.2) is 0 Å². The van der Waals surface area contributed by atoms with E-state index in [0.717, 1.165) is 0 Å². The second-order valence-corrected chi connectivity index (χ2v) is 3.02. The number of anilines is 1. The zero-order valence-corrected chi connectivity index (χ0v) is 8.36. The summed E-state index contributed by atoms with van der Waals surface area (Å²) in [6, 6.07) is 4.50. The Hall–Kier alpha value is -2.48. The molecule has 5 heteroatoms. The number of hydrogen-bond donors (Lipinski definition) is 3. The number of nitrogens with two attached hydrogens (primary N) is 2. The smallest absolute Gasteiger partial charge is 0.337 e. The second kappa shape index (κ2) is 4.84. The Kier molecular flexibility index (Phi) is 3.51. The van der Waals surface area contributed by atoms with Crippen LogP contribution in [-0.2, 0) is 4.79 Å². The number of carbonyl (C=O) groups is 2. The van der Waals surface area contributed by atoms with Gasteiger partial charge in [0.2, 0.25) is 5.91 Å². The summed E-state index contributed by atoms with van der Waals surface area (Å²) in [5, 5.41) is 8.80. The van der Waals surface area contributed by atoms with Gasteiger partial charge in [-0.15, -0.1) is 0 Å². The van der Waals surface area contributed by atoms with E-state index in [9.17, 15) is 9.59 Å². The van der Waals surface area contributed by atoms with Gasteiger partial charge in [-0.1, -0.05) is 17.9 Å². The molecule has 1 aromatic carbocycles. The average molecular weight is 218 g/mol. The van der Waals surface area contributed by atoms with Crippen molar-refractivity contribution in [2.24, 2.45) is 5.73 Å². The van der Waals surface area contributed by atoms with Crippen LogP contribution in [0.25, 0.3) is 0 Å². The fourth-order valence-corrected chi connectivity index (χ4v) is 1.09. The maximum absolute atomic E-state index is 10.8. The van der Waals surface area contributed by atoms with Crippen LogP contribution in [0.2, 0.25) is 0 Å². The van der Waals surface area contributed by atoms with Gasteiger partial charge in [-0.2, -0.15) is 0 Å². The van der Waals surface area contributed by atoms with Crippen LogP contribution in [0.15, 0.2) is 18.2 Å². The van der Waals surface area contributed by atoms with Gasteiger partial charge in [-0.25, -0.2) is 4.79 Å². The Morgan fingerprint density at radius 2 is 2.06 bits per heavy atom. The molecule has 0 spiro atoms. The molecule has 0 saturated heterocycles. The molecular weight excluding hydrogens is 208 g/mol. The molecule has 0 fully saturated rings. The molecule has 0 aliphatic heterocycles. The van der Waals surface area contributed by atoms with E-state index in [0.29, 0.717) is 5.56 Å². The average Bonchev–Trinajstić information content (AvgIpc) is 2.19. The van der Waals surface area contributed by atoms with Crippen LogP contribution in [0.5, 0.6) is 0 Å². The summed E-state index contributed by atoms with van der Waals surface area (Å²) >= 11 is 0. The molecule has 5 nitrogen and oxygen atoms in total. The molecule has 5 N–H and O–H groups in total. The van der Waals surface area contributed by atoms with Gasteiger partial charge < -0.3 is 16.6 Å². The monoisotopic (exact) mass is 218 g/mol. The van der Waals surface area contributed by atoms with Crippen LogP contribution < -0.4 is 11.5 Å². The van der Waals surface area contributed by atoms with E-state index in [2.05, 4.69) is 11.8 Å². The molecule has 0 aliphatic rings. The van der Waals surface area contributed by atoms with E-state index in [1.54, 1.807) is 6.07 Å². The van der Waals surface area contributed by atoms with Gasteiger partial charge in [-0.05, 0) is 12.1 Å². The number of carboxylic acids is 1. The van der Waals surface area contributed by atoms with Crippen molar-refractivity contribution in [3.05, 3.63) is 29.3 Å². The van der Waals surface area contributed by atoms with Crippen molar-refractivity contribution in [2.75, 3.05) is 5.73 Å². The highest BCUT2D eigenvalue weighted by Gasteiger charge is 2.09.